The summed E-state index contributed by atoms with van der Waals surface area (Å²) in [4.78, 5) is 20.9. The van der Waals surface area contributed by atoms with Crippen molar-refractivity contribution in [3.05, 3.63) is 124 Å². The fourth-order valence-electron chi connectivity index (χ4n) is 4.54. The van der Waals surface area contributed by atoms with Gasteiger partial charge < -0.3 is 4.57 Å². The third-order valence-corrected chi connectivity index (χ3v) is 6.90. The molecule has 0 saturated carbocycles. The Morgan fingerprint density at radius 1 is 0.929 bits per heavy atom. The van der Waals surface area contributed by atoms with Crippen LogP contribution in [0.15, 0.2) is 96.7 Å². The Balaban J connectivity index is 1.41. The van der Waals surface area contributed by atoms with Crippen molar-refractivity contribution in [1.82, 2.24) is 44.5 Å². The smallest absolute Gasteiger partial charge is 0.280 e. The Labute approximate surface area is 240 Å². The zero-order valence-electron chi connectivity index (χ0n) is 21.5. The molecule has 0 N–H and O–H groups in total. The lowest BCUT2D eigenvalue weighted by Gasteiger charge is -2.19. The molecule has 1 aromatic carbocycles. The molecule has 6 aromatic rings. The molecule has 0 fully saturated rings. The highest BCUT2D eigenvalue weighted by Crippen LogP contribution is 2.34. The molecule has 0 aliphatic carbocycles. The molecule has 0 aliphatic rings. The fourth-order valence-corrected chi connectivity index (χ4v) is 4.70. The molecule has 5 aromatic heterocycles. The van der Waals surface area contributed by atoms with E-state index in [2.05, 4.69) is 30.6 Å². The predicted octanol–water partition coefficient (Wildman–Crippen LogP) is 5.16. The van der Waals surface area contributed by atoms with Crippen LogP contribution in [0.3, 0.4) is 0 Å². The van der Waals surface area contributed by atoms with E-state index in [0.717, 1.165) is 0 Å². The highest BCUT2D eigenvalue weighted by molar-refractivity contribution is 6.31. The molecule has 0 radical (unpaired) electrons. The summed E-state index contributed by atoms with van der Waals surface area (Å²) in [6.45, 7) is 0.160. The number of nitrogens with zero attached hydrogens (tertiary/aromatic N) is 9. The number of rotatable bonds is 8. The average Bonchev–Trinajstić information content (AvgIpc) is 3.72. The third-order valence-electron chi connectivity index (χ3n) is 6.61. The van der Waals surface area contributed by atoms with Gasteiger partial charge in [-0.3, -0.25) is 19.4 Å². The van der Waals surface area contributed by atoms with E-state index in [4.69, 9.17) is 11.6 Å². The van der Waals surface area contributed by atoms with Gasteiger partial charge in [0, 0.05) is 47.5 Å². The SMILES string of the molecule is O=c1ccccn1C[C@H](c1ccc(-c2c(-n3cnnn3)ccc(Cl)c2F)cn1)n1cc(-c2ccnc(C(F)F)c2)cn1. The number of hydrogen-bond acceptors (Lipinski definition) is 7. The summed E-state index contributed by atoms with van der Waals surface area (Å²) in [5.74, 6) is -0.663. The van der Waals surface area contributed by atoms with E-state index in [9.17, 15) is 13.6 Å². The number of benzene rings is 1. The first-order chi connectivity index (χ1) is 20.4. The van der Waals surface area contributed by atoms with Crippen LogP contribution < -0.4 is 5.56 Å². The van der Waals surface area contributed by atoms with Crippen LogP contribution in [-0.2, 0) is 6.54 Å². The minimum absolute atomic E-state index is 0.0811. The molecule has 6 rings (SSSR count). The monoisotopic (exact) mass is 589 g/mol. The average molecular weight is 590 g/mol. The molecule has 14 heteroatoms. The van der Waals surface area contributed by atoms with E-state index < -0.39 is 18.3 Å². The van der Waals surface area contributed by atoms with Gasteiger partial charge in [-0.25, -0.2) is 13.2 Å². The normalized spacial score (nSPS) is 12.1. The lowest BCUT2D eigenvalue weighted by atomic mass is 10.0. The molecule has 42 heavy (non-hydrogen) atoms. The van der Waals surface area contributed by atoms with Crippen LogP contribution in [0, 0.1) is 5.82 Å². The highest BCUT2D eigenvalue weighted by Gasteiger charge is 2.22. The Bertz CT molecular complexity index is 1910. The van der Waals surface area contributed by atoms with Gasteiger partial charge in [-0.2, -0.15) is 9.78 Å². The summed E-state index contributed by atoms with van der Waals surface area (Å²) >= 11 is 6.10. The van der Waals surface area contributed by atoms with Gasteiger partial charge in [0.15, 0.2) is 5.82 Å². The van der Waals surface area contributed by atoms with Gasteiger partial charge >= 0.3 is 0 Å². The number of pyridine rings is 3. The van der Waals surface area contributed by atoms with E-state index in [0.29, 0.717) is 28.1 Å². The van der Waals surface area contributed by atoms with Crippen molar-refractivity contribution in [2.75, 3.05) is 0 Å². The first-order valence-corrected chi connectivity index (χ1v) is 12.9. The van der Waals surface area contributed by atoms with Crippen LogP contribution in [0.2, 0.25) is 5.02 Å². The molecule has 0 unspecified atom stereocenters. The summed E-state index contributed by atoms with van der Waals surface area (Å²) in [5.41, 5.74) is 1.95. The Morgan fingerprint density at radius 3 is 2.55 bits per heavy atom. The second-order valence-electron chi connectivity index (χ2n) is 9.17. The Hall–Kier alpha value is -5.17. The third kappa shape index (κ3) is 5.29. The van der Waals surface area contributed by atoms with Crippen LogP contribution in [-0.4, -0.2) is 44.5 Å². The summed E-state index contributed by atoms with van der Waals surface area (Å²) in [5, 5.41) is 15.5. The lowest BCUT2D eigenvalue weighted by Crippen LogP contribution is -2.26. The first kappa shape index (κ1) is 27.0. The van der Waals surface area contributed by atoms with E-state index in [1.807, 2.05) is 0 Å². The summed E-state index contributed by atoms with van der Waals surface area (Å²) in [6.07, 6.45) is 6.29. The van der Waals surface area contributed by atoms with Gasteiger partial charge in [-0.15, -0.1) is 5.10 Å². The van der Waals surface area contributed by atoms with E-state index in [1.165, 1.54) is 46.2 Å². The topological polar surface area (TPSA) is 109 Å². The van der Waals surface area contributed by atoms with Crippen molar-refractivity contribution in [3.63, 3.8) is 0 Å². The molecule has 5 heterocycles. The molecule has 0 aliphatic heterocycles. The van der Waals surface area contributed by atoms with Crippen molar-refractivity contribution < 1.29 is 13.2 Å². The summed E-state index contributed by atoms with van der Waals surface area (Å²) in [6, 6.07) is 13.5. The molecule has 10 nitrogen and oxygen atoms in total. The quantitative estimate of drug-likeness (QED) is 0.241. The fraction of sp³-hybridized carbons (Fsp3) is 0.107. The van der Waals surface area contributed by atoms with Crippen molar-refractivity contribution in [1.29, 1.82) is 0 Å². The van der Waals surface area contributed by atoms with Crippen LogP contribution in [0.1, 0.15) is 23.9 Å². The molecule has 0 spiro atoms. The van der Waals surface area contributed by atoms with Crippen LogP contribution in [0.5, 0.6) is 0 Å². The number of hydrogen-bond donors (Lipinski definition) is 0. The first-order valence-electron chi connectivity index (χ1n) is 12.5. The second-order valence-corrected chi connectivity index (χ2v) is 9.57. The number of aromatic nitrogens is 9. The zero-order valence-corrected chi connectivity index (χ0v) is 22.2. The van der Waals surface area contributed by atoms with Gasteiger partial charge in [0.05, 0.1) is 29.1 Å². The van der Waals surface area contributed by atoms with E-state index in [1.54, 1.807) is 59.7 Å². The highest BCUT2D eigenvalue weighted by atomic mass is 35.5. The van der Waals surface area contributed by atoms with Crippen molar-refractivity contribution >= 4 is 11.6 Å². The van der Waals surface area contributed by atoms with Crippen molar-refractivity contribution in [2.24, 2.45) is 0 Å². The number of tetrazole rings is 1. The van der Waals surface area contributed by atoms with Gasteiger partial charge in [0.1, 0.15) is 18.1 Å². The minimum atomic E-state index is -2.72. The maximum absolute atomic E-state index is 15.3. The molecule has 0 saturated heterocycles. The zero-order chi connectivity index (χ0) is 29.2. The minimum Gasteiger partial charge on any atom is -0.313 e. The summed E-state index contributed by atoms with van der Waals surface area (Å²) < 4.78 is 46.2. The predicted molar refractivity (Wildman–Crippen MR) is 147 cm³/mol. The van der Waals surface area contributed by atoms with Gasteiger partial charge in [0.2, 0.25) is 0 Å². The molecule has 1 atom stereocenters. The van der Waals surface area contributed by atoms with Crippen LogP contribution in [0.25, 0.3) is 27.9 Å². The Kier molecular flexibility index (Phi) is 7.32. The molecule has 0 amide bonds. The van der Waals surface area contributed by atoms with E-state index >= 15 is 4.39 Å². The maximum atomic E-state index is 15.3. The molecular formula is C28H19ClF3N9O. The van der Waals surface area contributed by atoms with Gasteiger partial charge in [0.25, 0.3) is 12.0 Å². The van der Waals surface area contributed by atoms with Crippen molar-refractivity contribution in [3.8, 4) is 27.9 Å². The van der Waals surface area contributed by atoms with E-state index in [-0.39, 0.29) is 28.4 Å². The standard InChI is InChI=1S/C28H19ClF3N9O/c29-20-5-7-23(41-16-35-37-38-41)26(27(20)30)18-4-6-21(34-12-18)24(15-39-10-2-1-3-25(39)42)40-14-19(13-36-40)17-8-9-33-22(11-17)28(31)32/h1-14,16,24,28H,15H2/t24-/m1/s1. The molecular weight excluding hydrogens is 571 g/mol. The maximum Gasteiger partial charge on any atom is 0.280 e. The summed E-state index contributed by atoms with van der Waals surface area (Å²) in [7, 11) is 0. The molecule has 210 valence electrons. The molecule has 0 bridgehead atoms. The van der Waals surface area contributed by atoms with Gasteiger partial charge in [-0.1, -0.05) is 23.7 Å². The second kappa shape index (κ2) is 11.4. The Morgan fingerprint density at radius 2 is 1.81 bits per heavy atom. The number of alkyl halides is 2. The van der Waals surface area contributed by atoms with Crippen molar-refractivity contribution in [2.45, 2.75) is 19.0 Å². The van der Waals surface area contributed by atoms with Crippen LogP contribution >= 0.6 is 11.6 Å². The van der Waals surface area contributed by atoms with Crippen LogP contribution in [0.4, 0.5) is 13.2 Å². The lowest BCUT2D eigenvalue weighted by molar-refractivity contribution is 0.146. The largest absolute Gasteiger partial charge is 0.313 e. The van der Waals surface area contributed by atoms with Gasteiger partial charge in [-0.05, 0) is 52.4 Å². The number of halogens is 4.